The van der Waals surface area contributed by atoms with Crippen molar-refractivity contribution < 1.29 is 13.9 Å². The number of carbonyl (C=O) groups is 1. The van der Waals surface area contributed by atoms with Gasteiger partial charge >= 0.3 is 0 Å². The molecular formula is C13H12ClFN2O2S. The zero-order valence-corrected chi connectivity index (χ0v) is 12.2. The van der Waals surface area contributed by atoms with Gasteiger partial charge < -0.3 is 10.1 Å². The number of amides is 1. The molecule has 106 valence electrons. The highest BCUT2D eigenvalue weighted by molar-refractivity contribution is 7.09. The summed E-state index contributed by atoms with van der Waals surface area (Å²) >= 11 is 7.29. The van der Waals surface area contributed by atoms with Crippen LogP contribution in [-0.4, -0.2) is 17.0 Å². The average Bonchev–Trinajstić information content (AvgIpc) is 2.92. The topological polar surface area (TPSA) is 51.2 Å². The second-order valence-corrected chi connectivity index (χ2v) is 5.36. The molecule has 2 rings (SSSR count). The Bertz CT molecular complexity index is 592. The van der Waals surface area contributed by atoms with Crippen molar-refractivity contribution in [2.24, 2.45) is 0 Å². The van der Waals surface area contributed by atoms with Crippen molar-refractivity contribution in [2.45, 2.75) is 19.6 Å². The van der Waals surface area contributed by atoms with Gasteiger partial charge in [-0.25, -0.2) is 9.37 Å². The van der Waals surface area contributed by atoms with Crippen molar-refractivity contribution in [1.29, 1.82) is 0 Å². The molecule has 0 saturated carbocycles. The van der Waals surface area contributed by atoms with Gasteiger partial charge in [0.1, 0.15) is 16.6 Å². The van der Waals surface area contributed by atoms with E-state index in [-0.39, 0.29) is 16.7 Å². The van der Waals surface area contributed by atoms with E-state index in [1.165, 1.54) is 23.5 Å². The van der Waals surface area contributed by atoms with Crippen LogP contribution >= 0.6 is 22.9 Å². The largest absolute Gasteiger partial charge is 0.479 e. The summed E-state index contributed by atoms with van der Waals surface area (Å²) in [4.78, 5) is 15.9. The highest BCUT2D eigenvalue weighted by atomic mass is 35.5. The van der Waals surface area contributed by atoms with E-state index in [0.29, 0.717) is 6.54 Å². The predicted octanol–water partition coefficient (Wildman–Crippen LogP) is 3.02. The summed E-state index contributed by atoms with van der Waals surface area (Å²) in [5, 5.41) is 5.48. The fraction of sp³-hybridized carbons (Fsp3) is 0.231. The summed E-state index contributed by atoms with van der Waals surface area (Å²) in [7, 11) is 0. The van der Waals surface area contributed by atoms with Crippen LogP contribution in [0, 0.1) is 5.82 Å². The summed E-state index contributed by atoms with van der Waals surface area (Å²) in [6, 6.07) is 3.75. The third-order valence-corrected chi connectivity index (χ3v) is 3.54. The van der Waals surface area contributed by atoms with E-state index < -0.39 is 11.9 Å². The number of aromatic nitrogens is 1. The molecule has 1 heterocycles. The molecule has 0 unspecified atom stereocenters. The van der Waals surface area contributed by atoms with E-state index in [1.807, 2.05) is 5.38 Å². The van der Waals surface area contributed by atoms with Gasteiger partial charge in [0.2, 0.25) is 0 Å². The Morgan fingerprint density at radius 3 is 3.05 bits per heavy atom. The fourth-order valence-electron chi connectivity index (χ4n) is 1.46. The van der Waals surface area contributed by atoms with Gasteiger partial charge in [0.05, 0.1) is 11.6 Å². The number of ether oxygens (including phenoxy) is 1. The lowest BCUT2D eigenvalue weighted by atomic mass is 10.3. The van der Waals surface area contributed by atoms with E-state index in [2.05, 4.69) is 10.3 Å². The molecule has 2 aromatic rings. The van der Waals surface area contributed by atoms with E-state index in [1.54, 1.807) is 13.1 Å². The number of thiazole rings is 1. The Hall–Kier alpha value is -1.66. The monoisotopic (exact) mass is 314 g/mol. The molecule has 0 saturated heterocycles. The first-order chi connectivity index (χ1) is 9.56. The lowest BCUT2D eigenvalue weighted by Gasteiger charge is -2.15. The van der Waals surface area contributed by atoms with Crippen LogP contribution in [0.1, 0.15) is 11.9 Å². The molecule has 20 heavy (non-hydrogen) atoms. The summed E-state index contributed by atoms with van der Waals surface area (Å²) < 4.78 is 18.3. The normalized spacial score (nSPS) is 11.9. The number of carbonyl (C=O) groups excluding carboxylic acids is 1. The fourth-order valence-corrected chi connectivity index (χ4v) is 2.23. The second kappa shape index (κ2) is 6.67. The second-order valence-electron chi connectivity index (χ2n) is 3.98. The van der Waals surface area contributed by atoms with Crippen LogP contribution in [0.25, 0.3) is 0 Å². The SMILES string of the molecule is C[C@@H](Oc1ccc(F)cc1Cl)C(=O)NCc1nccs1. The first-order valence-corrected chi connectivity index (χ1v) is 7.10. The average molecular weight is 315 g/mol. The van der Waals surface area contributed by atoms with Crippen LogP contribution in [0.15, 0.2) is 29.8 Å². The first kappa shape index (κ1) is 14.7. The molecule has 0 aliphatic carbocycles. The standard InChI is InChI=1S/C13H12ClFN2O2S/c1-8(13(18)17-7-12-16-4-5-20-12)19-11-3-2-9(15)6-10(11)14/h2-6,8H,7H2,1H3,(H,17,18)/t8-/m1/s1. The molecule has 0 aliphatic rings. The highest BCUT2D eigenvalue weighted by Gasteiger charge is 2.16. The quantitative estimate of drug-likeness (QED) is 0.923. The van der Waals surface area contributed by atoms with Crippen molar-refractivity contribution >= 4 is 28.8 Å². The molecule has 1 aromatic heterocycles. The number of halogens is 2. The molecule has 1 aromatic carbocycles. The Balaban J connectivity index is 1.90. The summed E-state index contributed by atoms with van der Waals surface area (Å²) in [5.41, 5.74) is 0. The minimum Gasteiger partial charge on any atom is -0.479 e. The minimum atomic E-state index is -0.738. The molecule has 0 spiro atoms. The Morgan fingerprint density at radius 1 is 1.60 bits per heavy atom. The Kier molecular flexibility index (Phi) is 4.92. The van der Waals surface area contributed by atoms with E-state index in [4.69, 9.17) is 16.3 Å². The third-order valence-electron chi connectivity index (χ3n) is 2.46. The number of benzene rings is 1. The third kappa shape index (κ3) is 3.91. The number of hydrogen-bond donors (Lipinski definition) is 1. The maximum Gasteiger partial charge on any atom is 0.261 e. The van der Waals surface area contributed by atoms with Gasteiger partial charge in [-0.2, -0.15) is 0 Å². The van der Waals surface area contributed by atoms with Crippen LogP contribution in [0.5, 0.6) is 5.75 Å². The maximum atomic E-state index is 12.9. The molecule has 0 radical (unpaired) electrons. The van der Waals surface area contributed by atoms with E-state index in [0.717, 1.165) is 11.1 Å². The lowest BCUT2D eigenvalue weighted by Crippen LogP contribution is -2.35. The van der Waals surface area contributed by atoms with Gasteiger partial charge in [0, 0.05) is 11.6 Å². The Morgan fingerprint density at radius 2 is 2.40 bits per heavy atom. The van der Waals surface area contributed by atoms with Crippen molar-refractivity contribution in [3.8, 4) is 5.75 Å². The molecule has 1 amide bonds. The van der Waals surface area contributed by atoms with Gasteiger partial charge in [-0.1, -0.05) is 11.6 Å². The number of hydrogen-bond acceptors (Lipinski definition) is 4. The van der Waals surface area contributed by atoms with Crippen molar-refractivity contribution in [3.05, 3.63) is 45.6 Å². The van der Waals surface area contributed by atoms with Crippen molar-refractivity contribution in [3.63, 3.8) is 0 Å². The van der Waals surface area contributed by atoms with Crippen molar-refractivity contribution in [2.75, 3.05) is 0 Å². The number of rotatable bonds is 5. The molecule has 0 aliphatic heterocycles. The predicted molar refractivity (Wildman–Crippen MR) is 75.5 cm³/mol. The van der Waals surface area contributed by atoms with Crippen LogP contribution in [0.3, 0.4) is 0 Å². The summed E-state index contributed by atoms with van der Waals surface area (Å²) in [6.07, 6.45) is 0.933. The molecule has 1 atom stereocenters. The molecular weight excluding hydrogens is 303 g/mol. The van der Waals surface area contributed by atoms with Crippen molar-refractivity contribution in [1.82, 2.24) is 10.3 Å². The summed E-state index contributed by atoms with van der Waals surface area (Å²) in [5.74, 6) is -0.478. The molecule has 0 bridgehead atoms. The zero-order chi connectivity index (χ0) is 14.5. The molecule has 7 heteroatoms. The van der Waals surface area contributed by atoms with Gasteiger partial charge in [-0.05, 0) is 25.1 Å². The molecule has 1 N–H and O–H groups in total. The van der Waals surface area contributed by atoms with Gasteiger partial charge in [-0.15, -0.1) is 11.3 Å². The Labute approximate surface area is 124 Å². The van der Waals surface area contributed by atoms with Crippen LogP contribution < -0.4 is 10.1 Å². The van der Waals surface area contributed by atoms with E-state index >= 15 is 0 Å². The molecule has 0 fully saturated rings. The molecule has 4 nitrogen and oxygen atoms in total. The van der Waals surface area contributed by atoms with Crippen LogP contribution in [0.2, 0.25) is 5.02 Å². The lowest BCUT2D eigenvalue weighted by molar-refractivity contribution is -0.127. The first-order valence-electron chi connectivity index (χ1n) is 5.84. The number of nitrogens with one attached hydrogen (secondary N) is 1. The van der Waals surface area contributed by atoms with Gasteiger partial charge in [0.15, 0.2) is 6.10 Å². The van der Waals surface area contributed by atoms with Gasteiger partial charge in [-0.3, -0.25) is 4.79 Å². The zero-order valence-electron chi connectivity index (χ0n) is 10.6. The number of nitrogens with zero attached hydrogens (tertiary/aromatic N) is 1. The minimum absolute atomic E-state index is 0.129. The summed E-state index contributed by atoms with van der Waals surface area (Å²) in [6.45, 7) is 1.94. The highest BCUT2D eigenvalue weighted by Crippen LogP contribution is 2.25. The maximum absolute atomic E-state index is 12.9. The van der Waals surface area contributed by atoms with Crippen LogP contribution in [0.4, 0.5) is 4.39 Å². The van der Waals surface area contributed by atoms with Gasteiger partial charge in [0.25, 0.3) is 5.91 Å². The van der Waals surface area contributed by atoms with Crippen LogP contribution in [-0.2, 0) is 11.3 Å². The smallest absolute Gasteiger partial charge is 0.261 e. The van der Waals surface area contributed by atoms with E-state index in [9.17, 15) is 9.18 Å².